The summed E-state index contributed by atoms with van der Waals surface area (Å²) >= 11 is 0. The summed E-state index contributed by atoms with van der Waals surface area (Å²) in [6, 6.07) is 10.1. The maximum Gasteiger partial charge on any atom is 0.238 e. The summed E-state index contributed by atoms with van der Waals surface area (Å²) in [5, 5.41) is 8.83. The van der Waals surface area contributed by atoms with Crippen molar-refractivity contribution in [2.24, 2.45) is 5.92 Å². The van der Waals surface area contributed by atoms with Gasteiger partial charge in [0.2, 0.25) is 6.43 Å². The van der Waals surface area contributed by atoms with E-state index >= 15 is 0 Å². The Morgan fingerprint density at radius 2 is 1.77 bits per heavy atom. The summed E-state index contributed by atoms with van der Waals surface area (Å²) < 4.78 is 24.0. The second-order valence-corrected chi connectivity index (χ2v) is 6.13. The Bertz CT molecular complexity index is 505. The standard InChI is InChI=1S/C19H23F2N/c20-19(21)5-3-1-2-4-15-6-10-17(11-7-15)18-12-8-16(14-22)9-13-18/h1-2,8-9,12-13,15,17,19H,3-7,10-11H2/b2-1+. The molecule has 0 amide bonds. The van der Waals surface area contributed by atoms with Crippen molar-refractivity contribution >= 4 is 0 Å². The lowest BCUT2D eigenvalue weighted by Crippen LogP contribution is -2.12. The normalized spacial score (nSPS) is 22.1. The Hall–Kier alpha value is -1.69. The fraction of sp³-hybridized carbons (Fsp3) is 0.526. The second kappa shape index (κ2) is 8.68. The van der Waals surface area contributed by atoms with Gasteiger partial charge >= 0.3 is 0 Å². The maximum absolute atomic E-state index is 12.0. The molecule has 1 aliphatic carbocycles. The molecule has 0 atom stereocenters. The van der Waals surface area contributed by atoms with E-state index < -0.39 is 6.43 Å². The molecule has 1 aromatic carbocycles. The molecule has 0 unspecified atom stereocenters. The zero-order valence-electron chi connectivity index (χ0n) is 12.8. The van der Waals surface area contributed by atoms with Crippen LogP contribution in [0.1, 0.15) is 62.0 Å². The number of nitrogens with zero attached hydrogens (tertiary/aromatic N) is 1. The molecule has 22 heavy (non-hydrogen) atoms. The predicted molar refractivity (Wildman–Crippen MR) is 84.9 cm³/mol. The van der Waals surface area contributed by atoms with E-state index in [1.54, 1.807) is 0 Å². The van der Waals surface area contributed by atoms with Crippen LogP contribution in [0.3, 0.4) is 0 Å². The fourth-order valence-corrected chi connectivity index (χ4v) is 3.19. The van der Waals surface area contributed by atoms with Gasteiger partial charge in [0, 0.05) is 6.42 Å². The van der Waals surface area contributed by atoms with E-state index in [0.717, 1.165) is 6.42 Å². The van der Waals surface area contributed by atoms with Crippen LogP contribution < -0.4 is 0 Å². The largest absolute Gasteiger partial charge is 0.238 e. The van der Waals surface area contributed by atoms with Crippen LogP contribution in [0.4, 0.5) is 8.78 Å². The highest BCUT2D eigenvalue weighted by molar-refractivity contribution is 5.33. The topological polar surface area (TPSA) is 23.8 Å². The fourth-order valence-electron chi connectivity index (χ4n) is 3.19. The molecule has 0 aromatic heterocycles. The first-order valence-corrected chi connectivity index (χ1v) is 8.12. The number of hydrogen-bond acceptors (Lipinski definition) is 1. The van der Waals surface area contributed by atoms with Crippen LogP contribution in [0.2, 0.25) is 0 Å². The molecule has 0 N–H and O–H groups in total. The van der Waals surface area contributed by atoms with Crippen LogP contribution in [0, 0.1) is 17.2 Å². The zero-order valence-corrected chi connectivity index (χ0v) is 12.8. The van der Waals surface area contributed by atoms with Crippen molar-refractivity contribution in [3.05, 3.63) is 47.5 Å². The summed E-state index contributed by atoms with van der Waals surface area (Å²) in [4.78, 5) is 0. The van der Waals surface area contributed by atoms with Gasteiger partial charge in [0.25, 0.3) is 0 Å². The molecule has 0 saturated heterocycles. The van der Waals surface area contributed by atoms with Crippen LogP contribution in [-0.2, 0) is 0 Å². The molecular weight excluding hydrogens is 280 g/mol. The number of hydrogen-bond donors (Lipinski definition) is 0. The Morgan fingerprint density at radius 3 is 2.36 bits per heavy atom. The van der Waals surface area contributed by atoms with E-state index in [2.05, 4.69) is 24.3 Å². The lowest BCUT2D eigenvalue weighted by molar-refractivity contribution is 0.139. The first-order valence-electron chi connectivity index (χ1n) is 8.12. The molecule has 2 rings (SSSR count). The summed E-state index contributed by atoms with van der Waals surface area (Å²) in [6.07, 6.45) is 8.03. The maximum atomic E-state index is 12.0. The van der Waals surface area contributed by atoms with Crippen LogP contribution in [0.25, 0.3) is 0 Å². The molecule has 3 heteroatoms. The molecule has 0 aliphatic heterocycles. The second-order valence-electron chi connectivity index (χ2n) is 6.13. The number of allylic oxidation sites excluding steroid dienone is 2. The van der Waals surface area contributed by atoms with E-state index in [1.165, 1.54) is 31.2 Å². The highest BCUT2D eigenvalue weighted by Gasteiger charge is 2.21. The molecule has 0 radical (unpaired) electrons. The quantitative estimate of drug-likeness (QED) is 0.607. The van der Waals surface area contributed by atoms with Crippen LogP contribution in [0.5, 0.6) is 0 Å². The third kappa shape index (κ3) is 5.26. The van der Waals surface area contributed by atoms with E-state index in [-0.39, 0.29) is 6.42 Å². The van der Waals surface area contributed by atoms with Crippen LogP contribution >= 0.6 is 0 Å². The Kier molecular flexibility index (Phi) is 6.58. The first kappa shape index (κ1) is 16.7. The number of benzene rings is 1. The minimum atomic E-state index is -2.19. The summed E-state index contributed by atoms with van der Waals surface area (Å²) in [5.74, 6) is 1.30. The Labute approximate surface area is 131 Å². The highest BCUT2D eigenvalue weighted by Crippen LogP contribution is 2.37. The first-order chi connectivity index (χ1) is 10.7. The van der Waals surface area contributed by atoms with Crippen molar-refractivity contribution in [2.75, 3.05) is 0 Å². The molecule has 0 heterocycles. The predicted octanol–water partition coefficient (Wildman–Crippen LogP) is 5.82. The molecule has 0 spiro atoms. The van der Waals surface area contributed by atoms with E-state index in [1.807, 2.05) is 18.2 Å². The van der Waals surface area contributed by atoms with Crippen LogP contribution in [-0.4, -0.2) is 6.43 Å². The van der Waals surface area contributed by atoms with Gasteiger partial charge in [0.1, 0.15) is 0 Å². The summed E-state index contributed by atoms with van der Waals surface area (Å²) in [7, 11) is 0. The Balaban J connectivity index is 1.72. The molecule has 1 aliphatic rings. The van der Waals surface area contributed by atoms with E-state index in [9.17, 15) is 8.78 Å². The third-order valence-corrected chi connectivity index (χ3v) is 4.55. The van der Waals surface area contributed by atoms with Gasteiger partial charge in [-0.3, -0.25) is 0 Å². The molecule has 1 fully saturated rings. The van der Waals surface area contributed by atoms with Crippen molar-refractivity contribution in [3.8, 4) is 6.07 Å². The minimum Gasteiger partial charge on any atom is -0.211 e. The number of rotatable bonds is 6. The average Bonchev–Trinajstić information content (AvgIpc) is 2.55. The molecule has 1 saturated carbocycles. The smallest absolute Gasteiger partial charge is 0.211 e. The van der Waals surface area contributed by atoms with Crippen LogP contribution in [0.15, 0.2) is 36.4 Å². The van der Waals surface area contributed by atoms with Crippen molar-refractivity contribution < 1.29 is 8.78 Å². The number of nitriles is 1. The molecule has 118 valence electrons. The highest BCUT2D eigenvalue weighted by atomic mass is 19.3. The number of alkyl halides is 2. The van der Waals surface area contributed by atoms with E-state index in [0.29, 0.717) is 23.8 Å². The average molecular weight is 303 g/mol. The lowest BCUT2D eigenvalue weighted by atomic mass is 9.77. The van der Waals surface area contributed by atoms with E-state index in [4.69, 9.17) is 5.26 Å². The van der Waals surface area contributed by atoms with Gasteiger partial charge in [-0.1, -0.05) is 24.3 Å². The molecule has 1 aromatic rings. The Morgan fingerprint density at radius 1 is 1.09 bits per heavy atom. The minimum absolute atomic E-state index is 0.0259. The van der Waals surface area contributed by atoms with Gasteiger partial charge in [0.05, 0.1) is 11.6 Å². The van der Waals surface area contributed by atoms with Gasteiger partial charge in [-0.25, -0.2) is 8.78 Å². The van der Waals surface area contributed by atoms with Gasteiger partial charge in [-0.15, -0.1) is 0 Å². The summed E-state index contributed by atoms with van der Waals surface area (Å²) in [5.41, 5.74) is 2.05. The SMILES string of the molecule is N#Cc1ccc(C2CCC(C/C=C/CCC(F)F)CC2)cc1. The molecular formula is C19H23F2N. The lowest BCUT2D eigenvalue weighted by Gasteiger charge is -2.28. The monoisotopic (exact) mass is 303 g/mol. The number of halogens is 2. The third-order valence-electron chi connectivity index (χ3n) is 4.55. The van der Waals surface area contributed by atoms with Gasteiger partial charge in [-0.2, -0.15) is 5.26 Å². The zero-order chi connectivity index (χ0) is 15.8. The summed E-state index contributed by atoms with van der Waals surface area (Å²) in [6.45, 7) is 0. The van der Waals surface area contributed by atoms with Gasteiger partial charge < -0.3 is 0 Å². The van der Waals surface area contributed by atoms with Gasteiger partial charge in [0.15, 0.2) is 0 Å². The molecule has 0 bridgehead atoms. The van der Waals surface area contributed by atoms with Crippen molar-refractivity contribution in [1.29, 1.82) is 5.26 Å². The van der Waals surface area contributed by atoms with Crippen molar-refractivity contribution in [3.63, 3.8) is 0 Å². The van der Waals surface area contributed by atoms with Crippen molar-refractivity contribution in [2.45, 2.75) is 57.3 Å². The molecule has 1 nitrogen and oxygen atoms in total. The van der Waals surface area contributed by atoms with Gasteiger partial charge in [-0.05, 0) is 68.1 Å². The van der Waals surface area contributed by atoms with Crippen molar-refractivity contribution in [1.82, 2.24) is 0 Å².